The third-order valence-corrected chi connectivity index (χ3v) is 7.26. The van der Waals surface area contributed by atoms with Crippen LogP contribution in [0.1, 0.15) is 53.3 Å². The van der Waals surface area contributed by atoms with Gasteiger partial charge in [-0.25, -0.2) is 9.78 Å². The molecule has 0 amide bonds. The van der Waals surface area contributed by atoms with Crippen LogP contribution in [0.25, 0.3) is 0 Å². The van der Waals surface area contributed by atoms with Crippen molar-refractivity contribution >= 4 is 28.9 Å². The standard InChI is InChI=1S/C21H24ClNO5S/c1-2-11-7-12(3-5-15(11)22)27-9-14-13-4-6-18(28-19(13)8-17(14)24)20-23-16(10-29-20)21(25)26/h3,5,7,10,13-14,17-19,24H,2,4,6,8-9H2,1H3,(H,25,26)/t13-,14-,17-,18-,19+/m1/s1. The summed E-state index contributed by atoms with van der Waals surface area (Å²) < 4.78 is 12.2. The molecule has 0 unspecified atom stereocenters. The second-order valence-corrected chi connectivity index (χ2v) is 8.96. The van der Waals surface area contributed by atoms with Crippen molar-refractivity contribution in [2.75, 3.05) is 6.61 Å². The van der Waals surface area contributed by atoms with Crippen LogP contribution in [0, 0.1) is 11.8 Å². The van der Waals surface area contributed by atoms with E-state index in [2.05, 4.69) is 4.98 Å². The summed E-state index contributed by atoms with van der Waals surface area (Å²) in [4.78, 5) is 15.2. The quantitative estimate of drug-likeness (QED) is 0.698. The highest BCUT2D eigenvalue weighted by Gasteiger charge is 2.47. The van der Waals surface area contributed by atoms with E-state index in [0.717, 1.165) is 35.6 Å². The highest BCUT2D eigenvalue weighted by Crippen LogP contribution is 2.46. The number of benzene rings is 1. The van der Waals surface area contributed by atoms with E-state index in [9.17, 15) is 9.90 Å². The number of carboxylic acid groups (broad SMARTS) is 1. The maximum Gasteiger partial charge on any atom is 0.355 e. The molecular formula is C21H24ClNO5S. The smallest absolute Gasteiger partial charge is 0.355 e. The van der Waals surface area contributed by atoms with Crippen molar-refractivity contribution in [2.24, 2.45) is 11.8 Å². The van der Waals surface area contributed by atoms with Crippen LogP contribution in [-0.4, -0.2) is 40.0 Å². The Morgan fingerprint density at radius 1 is 1.41 bits per heavy atom. The first-order valence-corrected chi connectivity index (χ1v) is 11.2. The van der Waals surface area contributed by atoms with E-state index in [-0.39, 0.29) is 29.7 Å². The Morgan fingerprint density at radius 2 is 2.24 bits per heavy atom. The summed E-state index contributed by atoms with van der Waals surface area (Å²) in [6, 6.07) is 5.66. The van der Waals surface area contributed by atoms with Crippen LogP contribution < -0.4 is 4.74 Å². The summed E-state index contributed by atoms with van der Waals surface area (Å²) in [6.07, 6.45) is 2.31. The van der Waals surface area contributed by atoms with Gasteiger partial charge in [0.2, 0.25) is 0 Å². The normalized spacial score (nSPS) is 28.9. The lowest BCUT2D eigenvalue weighted by molar-refractivity contribution is -0.0811. The fraction of sp³-hybridized carbons (Fsp3) is 0.524. The van der Waals surface area contributed by atoms with Crippen LogP contribution in [-0.2, 0) is 11.2 Å². The monoisotopic (exact) mass is 437 g/mol. The van der Waals surface area contributed by atoms with Crippen LogP contribution in [0.2, 0.25) is 5.02 Å². The van der Waals surface area contributed by atoms with Gasteiger partial charge in [0.1, 0.15) is 16.9 Å². The summed E-state index contributed by atoms with van der Waals surface area (Å²) in [5.74, 6) is -0.0331. The van der Waals surface area contributed by atoms with Gasteiger partial charge in [-0.05, 0) is 48.9 Å². The molecule has 1 aromatic heterocycles. The van der Waals surface area contributed by atoms with E-state index in [1.807, 2.05) is 25.1 Å². The SMILES string of the molecule is CCc1cc(OC[C@@H]2[C@H]3CC[C@H](c4nc(C(=O)O)cs4)O[C@H]3C[C@H]2O)ccc1Cl. The lowest BCUT2D eigenvalue weighted by Crippen LogP contribution is -2.33. The highest BCUT2D eigenvalue weighted by molar-refractivity contribution is 7.09. The molecule has 4 rings (SSSR count). The average Bonchev–Trinajstić information content (AvgIpc) is 3.31. The van der Waals surface area contributed by atoms with Gasteiger partial charge >= 0.3 is 5.97 Å². The van der Waals surface area contributed by atoms with Crippen molar-refractivity contribution in [2.45, 2.75) is 50.9 Å². The first kappa shape index (κ1) is 20.6. The number of carboxylic acids is 1. The van der Waals surface area contributed by atoms with Gasteiger partial charge in [-0.3, -0.25) is 0 Å². The highest BCUT2D eigenvalue weighted by atomic mass is 35.5. The number of rotatable bonds is 6. The molecule has 1 saturated carbocycles. The second kappa shape index (κ2) is 8.60. The van der Waals surface area contributed by atoms with Crippen molar-refractivity contribution in [1.29, 1.82) is 0 Å². The van der Waals surface area contributed by atoms with Crippen LogP contribution in [0.15, 0.2) is 23.6 Å². The summed E-state index contributed by atoms with van der Waals surface area (Å²) >= 11 is 7.49. The molecule has 5 atom stereocenters. The molecule has 1 aliphatic heterocycles. The van der Waals surface area contributed by atoms with Crippen molar-refractivity contribution in [3.63, 3.8) is 0 Å². The van der Waals surface area contributed by atoms with Gasteiger partial charge in [-0.15, -0.1) is 11.3 Å². The molecule has 6 nitrogen and oxygen atoms in total. The van der Waals surface area contributed by atoms with E-state index in [0.29, 0.717) is 18.0 Å². The lowest BCUT2D eigenvalue weighted by atomic mass is 9.87. The number of aliphatic hydroxyl groups is 1. The predicted octanol–water partition coefficient (Wildman–Crippen LogP) is 4.35. The van der Waals surface area contributed by atoms with Gasteiger partial charge in [0.05, 0.1) is 18.8 Å². The summed E-state index contributed by atoms with van der Waals surface area (Å²) in [6.45, 7) is 2.48. The van der Waals surface area contributed by atoms with Gasteiger partial charge < -0.3 is 19.7 Å². The Morgan fingerprint density at radius 3 is 2.97 bits per heavy atom. The molecule has 1 aromatic carbocycles. The first-order valence-electron chi connectivity index (χ1n) is 9.89. The minimum Gasteiger partial charge on any atom is -0.493 e. The summed E-state index contributed by atoms with van der Waals surface area (Å²) in [5, 5.41) is 22.7. The molecule has 156 valence electrons. The molecule has 0 radical (unpaired) electrons. The number of ether oxygens (including phenoxy) is 2. The fourth-order valence-corrected chi connectivity index (χ4v) is 5.50. The van der Waals surface area contributed by atoms with Crippen LogP contribution in [0.5, 0.6) is 5.75 Å². The topological polar surface area (TPSA) is 88.9 Å². The number of thiazole rings is 1. The lowest BCUT2D eigenvalue weighted by Gasteiger charge is -2.33. The van der Waals surface area contributed by atoms with Crippen molar-refractivity contribution in [3.05, 3.63) is 44.9 Å². The molecule has 2 fully saturated rings. The Balaban J connectivity index is 1.39. The maximum atomic E-state index is 11.1. The number of aryl methyl sites for hydroxylation is 1. The van der Waals surface area contributed by atoms with Gasteiger partial charge in [0.15, 0.2) is 5.69 Å². The van der Waals surface area contributed by atoms with Crippen LogP contribution in [0.4, 0.5) is 0 Å². The average molecular weight is 438 g/mol. The third kappa shape index (κ3) is 4.28. The zero-order valence-corrected chi connectivity index (χ0v) is 17.7. The molecule has 2 N–H and O–H groups in total. The van der Waals surface area contributed by atoms with Crippen molar-refractivity contribution in [1.82, 2.24) is 4.98 Å². The first-order chi connectivity index (χ1) is 14.0. The van der Waals surface area contributed by atoms with E-state index < -0.39 is 12.1 Å². The van der Waals surface area contributed by atoms with Crippen LogP contribution >= 0.6 is 22.9 Å². The molecule has 2 aliphatic rings. The number of aliphatic hydroxyl groups excluding tert-OH is 1. The van der Waals surface area contributed by atoms with E-state index in [1.165, 1.54) is 11.3 Å². The van der Waals surface area contributed by atoms with E-state index in [1.54, 1.807) is 5.38 Å². The molecule has 0 spiro atoms. The minimum absolute atomic E-state index is 0.00702. The third-order valence-electron chi connectivity index (χ3n) is 5.95. The number of halogens is 1. The number of fused-ring (bicyclic) bond motifs is 1. The van der Waals surface area contributed by atoms with Gasteiger partial charge in [0.25, 0.3) is 0 Å². The number of aromatic carboxylic acids is 1. The van der Waals surface area contributed by atoms with E-state index in [4.69, 9.17) is 26.2 Å². The Bertz CT molecular complexity index is 888. The Kier molecular flexibility index (Phi) is 6.11. The number of hydrogen-bond acceptors (Lipinski definition) is 6. The number of hydrogen-bond donors (Lipinski definition) is 2. The van der Waals surface area contributed by atoms with Crippen LogP contribution in [0.3, 0.4) is 0 Å². The minimum atomic E-state index is -1.02. The molecular weight excluding hydrogens is 414 g/mol. The summed E-state index contributed by atoms with van der Waals surface area (Å²) in [7, 11) is 0. The maximum absolute atomic E-state index is 11.1. The molecule has 29 heavy (non-hydrogen) atoms. The molecule has 2 heterocycles. The van der Waals surface area contributed by atoms with Crippen molar-refractivity contribution in [3.8, 4) is 5.75 Å². The van der Waals surface area contributed by atoms with Gasteiger partial charge in [0, 0.05) is 22.7 Å². The Hall–Kier alpha value is -1.67. The molecule has 8 heteroatoms. The van der Waals surface area contributed by atoms with Gasteiger partial charge in [-0.2, -0.15) is 0 Å². The zero-order chi connectivity index (χ0) is 20.5. The second-order valence-electron chi connectivity index (χ2n) is 7.67. The number of carbonyl (C=O) groups is 1. The molecule has 1 aliphatic carbocycles. The fourth-order valence-electron chi connectivity index (χ4n) is 4.38. The largest absolute Gasteiger partial charge is 0.493 e. The van der Waals surface area contributed by atoms with Gasteiger partial charge in [-0.1, -0.05) is 18.5 Å². The predicted molar refractivity (Wildman–Crippen MR) is 110 cm³/mol. The number of nitrogens with zero attached hydrogens (tertiary/aromatic N) is 1. The summed E-state index contributed by atoms with van der Waals surface area (Å²) in [5.41, 5.74) is 1.10. The van der Waals surface area contributed by atoms with E-state index >= 15 is 0 Å². The molecule has 2 aromatic rings. The van der Waals surface area contributed by atoms with Crippen molar-refractivity contribution < 1.29 is 24.5 Å². The number of aromatic nitrogens is 1. The zero-order valence-electron chi connectivity index (χ0n) is 16.1. The Labute approximate surface area is 178 Å². The molecule has 1 saturated heterocycles. The molecule has 0 bridgehead atoms.